The fraction of sp³-hybridized carbons (Fsp3) is 0.389. The fourth-order valence-electron chi connectivity index (χ4n) is 2.43. The van der Waals surface area contributed by atoms with Crippen LogP contribution in [0.3, 0.4) is 0 Å². The van der Waals surface area contributed by atoms with Gasteiger partial charge in [-0.15, -0.1) is 0 Å². The van der Waals surface area contributed by atoms with E-state index in [2.05, 4.69) is 5.32 Å². The first-order valence-corrected chi connectivity index (χ1v) is 8.03. The summed E-state index contributed by atoms with van der Waals surface area (Å²) in [5.41, 5.74) is -0.151. The van der Waals surface area contributed by atoms with Gasteiger partial charge in [0.05, 0.1) is 12.1 Å². The van der Waals surface area contributed by atoms with Crippen LogP contribution in [0.4, 0.5) is 8.78 Å². The molecule has 0 fully saturated rings. The van der Waals surface area contributed by atoms with Gasteiger partial charge in [0.2, 0.25) is 0 Å². The number of hydrogen-bond acceptors (Lipinski definition) is 3. The van der Waals surface area contributed by atoms with Crippen molar-refractivity contribution in [2.45, 2.75) is 38.6 Å². The van der Waals surface area contributed by atoms with Gasteiger partial charge in [0, 0.05) is 6.42 Å². The van der Waals surface area contributed by atoms with Gasteiger partial charge in [-0.1, -0.05) is 18.9 Å². The molecule has 0 aliphatic carbocycles. The topological polar surface area (TPSA) is 62.5 Å². The molecular formula is C18H21F2NO3. The minimum Gasteiger partial charge on any atom is -0.481 e. The second kappa shape index (κ2) is 9.17. The number of benzene rings is 1. The van der Waals surface area contributed by atoms with E-state index in [9.17, 15) is 13.6 Å². The van der Waals surface area contributed by atoms with Crippen LogP contribution in [0.2, 0.25) is 0 Å². The number of carboxylic acid groups (broad SMARTS) is 1. The number of carboxylic acids is 1. The van der Waals surface area contributed by atoms with Crippen LogP contribution in [0.15, 0.2) is 34.7 Å². The molecule has 1 aromatic heterocycles. The standard InChI is InChI=1S/C18H21F2NO3/c19-14-6-5-7-15(20)18(14)16-10-9-13(24-16)12-21-11-4-2-1-3-8-17(22)23/h5-7,9-10,21H,1-4,8,11-12H2,(H,22,23). The van der Waals surface area contributed by atoms with Crippen molar-refractivity contribution in [3.05, 3.63) is 47.7 Å². The van der Waals surface area contributed by atoms with Gasteiger partial charge in [-0.2, -0.15) is 0 Å². The second-order valence-electron chi connectivity index (χ2n) is 5.60. The first-order valence-electron chi connectivity index (χ1n) is 8.03. The molecule has 1 aromatic carbocycles. The molecule has 0 aliphatic heterocycles. The van der Waals surface area contributed by atoms with Gasteiger partial charge in [-0.3, -0.25) is 4.79 Å². The fourth-order valence-corrected chi connectivity index (χ4v) is 2.43. The summed E-state index contributed by atoms with van der Waals surface area (Å²) in [5, 5.41) is 11.7. The lowest BCUT2D eigenvalue weighted by Gasteiger charge is -2.03. The van der Waals surface area contributed by atoms with Crippen molar-refractivity contribution in [2.75, 3.05) is 6.54 Å². The van der Waals surface area contributed by atoms with Crippen LogP contribution >= 0.6 is 0 Å². The highest BCUT2D eigenvalue weighted by Crippen LogP contribution is 2.27. The molecule has 2 N–H and O–H groups in total. The Morgan fingerprint density at radius 3 is 2.46 bits per heavy atom. The van der Waals surface area contributed by atoms with Gasteiger partial charge in [0.25, 0.3) is 0 Å². The SMILES string of the molecule is O=C(O)CCCCCCNCc1ccc(-c2c(F)cccc2F)o1. The summed E-state index contributed by atoms with van der Waals surface area (Å²) < 4.78 is 32.9. The van der Waals surface area contributed by atoms with Crippen LogP contribution in [0.5, 0.6) is 0 Å². The Hall–Kier alpha value is -2.21. The van der Waals surface area contributed by atoms with E-state index >= 15 is 0 Å². The summed E-state index contributed by atoms with van der Waals surface area (Å²) in [7, 11) is 0. The Balaban J connectivity index is 1.72. The average molecular weight is 337 g/mol. The normalized spacial score (nSPS) is 10.9. The number of furan rings is 1. The van der Waals surface area contributed by atoms with Gasteiger partial charge >= 0.3 is 5.97 Å². The molecule has 0 saturated heterocycles. The maximum absolute atomic E-state index is 13.7. The van der Waals surface area contributed by atoms with Crippen LogP contribution in [0.1, 0.15) is 37.9 Å². The van der Waals surface area contributed by atoms with E-state index in [0.29, 0.717) is 18.7 Å². The lowest BCUT2D eigenvalue weighted by atomic mass is 10.1. The van der Waals surface area contributed by atoms with E-state index in [0.717, 1.165) is 25.8 Å². The van der Waals surface area contributed by atoms with Crippen LogP contribution in [-0.4, -0.2) is 17.6 Å². The Bertz CT molecular complexity index is 650. The number of unbranched alkanes of at least 4 members (excludes halogenated alkanes) is 3. The summed E-state index contributed by atoms with van der Waals surface area (Å²) >= 11 is 0. The first kappa shape index (κ1) is 18.1. The molecule has 0 unspecified atom stereocenters. The van der Waals surface area contributed by atoms with Crippen molar-refractivity contribution in [3.8, 4) is 11.3 Å². The third-order valence-corrected chi connectivity index (χ3v) is 3.66. The molecule has 2 aromatic rings. The molecule has 1 heterocycles. The average Bonchev–Trinajstić information content (AvgIpc) is 2.98. The number of rotatable bonds is 10. The molecule has 4 nitrogen and oxygen atoms in total. The molecule has 2 rings (SSSR count). The summed E-state index contributed by atoms with van der Waals surface area (Å²) in [5.74, 6) is -1.27. The maximum Gasteiger partial charge on any atom is 0.303 e. The third-order valence-electron chi connectivity index (χ3n) is 3.66. The van der Waals surface area contributed by atoms with Gasteiger partial charge in [-0.05, 0) is 43.7 Å². The number of nitrogens with one attached hydrogen (secondary N) is 1. The molecule has 0 spiro atoms. The van der Waals surface area contributed by atoms with Crippen molar-refractivity contribution in [2.24, 2.45) is 0 Å². The molecule has 0 saturated carbocycles. The monoisotopic (exact) mass is 337 g/mol. The molecule has 0 atom stereocenters. The third kappa shape index (κ3) is 5.45. The van der Waals surface area contributed by atoms with E-state index in [4.69, 9.17) is 9.52 Å². The molecule has 0 bridgehead atoms. The predicted molar refractivity (Wildman–Crippen MR) is 86.5 cm³/mol. The molecule has 0 aliphatic rings. The Morgan fingerprint density at radius 1 is 1.04 bits per heavy atom. The summed E-state index contributed by atoms with van der Waals surface area (Å²) in [6.45, 7) is 1.25. The minimum absolute atomic E-state index is 0.151. The van der Waals surface area contributed by atoms with Crippen LogP contribution in [0, 0.1) is 11.6 Å². The predicted octanol–water partition coefficient (Wildman–Crippen LogP) is 4.35. The molecule has 24 heavy (non-hydrogen) atoms. The number of aliphatic carboxylic acids is 1. The van der Waals surface area contributed by atoms with Crippen LogP contribution in [0.25, 0.3) is 11.3 Å². The molecule has 130 valence electrons. The van der Waals surface area contributed by atoms with Gasteiger partial charge in [0.1, 0.15) is 23.2 Å². The van der Waals surface area contributed by atoms with E-state index in [1.54, 1.807) is 12.1 Å². The van der Waals surface area contributed by atoms with Gasteiger partial charge in [-0.25, -0.2) is 8.78 Å². The van der Waals surface area contributed by atoms with Crippen molar-refractivity contribution >= 4 is 5.97 Å². The smallest absolute Gasteiger partial charge is 0.303 e. The highest BCUT2D eigenvalue weighted by atomic mass is 19.1. The van der Waals surface area contributed by atoms with Crippen molar-refractivity contribution in [3.63, 3.8) is 0 Å². The van der Waals surface area contributed by atoms with E-state index < -0.39 is 17.6 Å². The van der Waals surface area contributed by atoms with Crippen LogP contribution in [-0.2, 0) is 11.3 Å². The van der Waals surface area contributed by atoms with E-state index in [1.165, 1.54) is 18.2 Å². The molecule has 0 amide bonds. The largest absolute Gasteiger partial charge is 0.481 e. The maximum atomic E-state index is 13.7. The van der Waals surface area contributed by atoms with E-state index in [1.807, 2.05) is 0 Å². The van der Waals surface area contributed by atoms with Crippen molar-refractivity contribution < 1.29 is 23.1 Å². The quantitative estimate of drug-likeness (QED) is 0.633. The molecule has 6 heteroatoms. The lowest BCUT2D eigenvalue weighted by molar-refractivity contribution is -0.137. The van der Waals surface area contributed by atoms with Gasteiger partial charge < -0.3 is 14.8 Å². The Labute approximate surface area is 139 Å². The molecular weight excluding hydrogens is 316 g/mol. The van der Waals surface area contributed by atoms with E-state index in [-0.39, 0.29) is 17.7 Å². The van der Waals surface area contributed by atoms with Crippen molar-refractivity contribution in [1.29, 1.82) is 0 Å². The highest BCUT2D eigenvalue weighted by Gasteiger charge is 2.14. The van der Waals surface area contributed by atoms with Gasteiger partial charge in [0.15, 0.2) is 0 Å². The zero-order valence-corrected chi connectivity index (χ0v) is 13.4. The highest BCUT2D eigenvalue weighted by molar-refractivity contribution is 5.66. The minimum atomic E-state index is -0.756. The number of carbonyl (C=O) groups is 1. The zero-order chi connectivity index (χ0) is 17.4. The Morgan fingerprint density at radius 2 is 1.75 bits per heavy atom. The summed E-state index contributed by atoms with van der Waals surface area (Å²) in [6.07, 6.45) is 3.71. The Kier molecular flexibility index (Phi) is 6.93. The lowest BCUT2D eigenvalue weighted by Crippen LogP contribution is -2.14. The number of halogens is 2. The summed E-state index contributed by atoms with van der Waals surface area (Å²) in [4.78, 5) is 10.4. The van der Waals surface area contributed by atoms with Crippen molar-refractivity contribution in [1.82, 2.24) is 5.32 Å². The zero-order valence-electron chi connectivity index (χ0n) is 13.4. The first-order chi connectivity index (χ1) is 11.6. The summed E-state index contributed by atoms with van der Waals surface area (Å²) in [6, 6.07) is 6.97. The molecule has 0 radical (unpaired) electrons. The van der Waals surface area contributed by atoms with Crippen LogP contribution < -0.4 is 5.32 Å². The number of hydrogen-bond donors (Lipinski definition) is 2. The second-order valence-corrected chi connectivity index (χ2v) is 5.60.